The zero-order valence-electron chi connectivity index (χ0n) is 13.2. The lowest BCUT2D eigenvalue weighted by Crippen LogP contribution is -2.65. The van der Waals surface area contributed by atoms with Crippen LogP contribution in [0.2, 0.25) is 32.2 Å². The molecule has 1 aliphatic heterocycles. The Morgan fingerprint density at radius 1 is 1.00 bits per heavy atom. The minimum Gasteiger partial charge on any atom is -0.420 e. The van der Waals surface area contributed by atoms with Gasteiger partial charge in [-0.1, -0.05) is 36.4 Å². The second-order valence-electron chi connectivity index (χ2n) is 6.02. The average molecular weight is 357 g/mol. The molecule has 1 aromatic rings. The molecule has 0 saturated carbocycles. The van der Waals surface area contributed by atoms with E-state index in [0.29, 0.717) is 0 Å². The number of allylic oxidation sites excluding steroid dienone is 1. The summed E-state index contributed by atoms with van der Waals surface area (Å²) in [5.74, 6) is 0. The molecule has 2 rings (SSSR count). The Kier molecular flexibility index (Phi) is 5.21. The van der Waals surface area contributed by atoms with Crippen LogP contribution in [0.25, 0.3) is 0 Å². The smallest absolute Gasteiger partial charge is 0.358 e. The Morgan fingerprint density at radius 2 is 1.67 bits per heavy atom. The number of rotatable bonds is 3. The monoisotopic (exact) mass is 356 g/mol. The van der Waals surface area contributed by atoms with E-state index in [0.717, 1.165) is 11.2 Å². The molecule has 0 bridgehead atoms. The van der Waals surface area contributed by atoms with E-state index in [1.807, 2.05) is 24.3 Å². The van der Waals surface area contributed by atoms with Crippen LogP contribution >= 0.6 is 0 Å². The Balaban J connectivity index is 2.39. The number of hydrogen-bond acceptors (Lipinski definition) is 4. The van der Waals surface area contributed by atoms with E-state index in [-0.39, 0.29) is 0 Å². The first-order valence-electron chi connectivity index (χ1n) is 7.13. The highest BCUT2D eigenvalue weighted by Gasteiger charge is 2.49. The van der Waals surface area contributed by atoms with Gasteiger partial charge in [-0.05, 0) is 31.4 Å². The molecule has 0 N–H and O–H groups in total. The first-order valence-corrected chi connectivity index (χ1v) is 15.9. The first-order chi connectivity index (χ1) is 9.79. The maximum absolute atomic E-state index is 6.58. The summed E-state index contributed by atoms with van der Waals surface area (Å²) in [7, 11) is -8.12. The summed E-state index contributed by atoms with van der Waals surface area (Å²) in [6, 6.07) is 10.9. The molecule has 0 amide bonds. The third kappa shape index (κ3) is 4.33. The Labute approximate surface area is 132 Å². The van der Waals surface area contributed by atoms with Crippen molar-refractivity contribution in [3.63, 3.8) is 0 Å². The molecule has 1 unspecified atom stereocenters. The van der Waals surface area contributed by atoms with Crippen LogP contribution in [0.4, 0.5) is 0 Å². The van der Waals surface area contributed by atoms with E-state index in [1.54, 1.807) is 0 Å². The van der Waals surface area contributed by atoms with Gasteiger partial charge in [0.05, 0.1) is 0 Å². The van der Waals surface area contributed by atoms with Crippen molar-refractivity contribution in [2.24, 2.45) is 0 Å². The summed E-state index contributed by atoms with van der Waals surface area (Å²) in [6.07, 6.45) is 1.89. The van der Waals surface area contributed by atoms with Crippen molar-refractivity contribution in [1.29, 1.82) is 0 Å². The summed E-state index contributed by atoms with van der Waals surface area (Å²) in [5.41, 5.74) is 0. The summed E-state index contributed by atoms with van der Waals surface area (Å²) >= 11 is 0. The van der Waals surface area contributed by atoms with Crippen LogP contribution in [0, 0.1) is 0 Å². The fraction of sp³-hybridized carbons (Fsp3) is 0.385. The van der Waals surface area contributed by atoms with E-state index >= 15 is 0 Å². The van der Waals surface area contributed by atoms with Crippen LogP contribution in [-0.4, -0.2) is 35.7 Å². The highest BCUT2D eigenvalue weighted by molar-refractivity contribution is 6.93. The normalized spacial score (nSPS) is 29.5. The van der Waals surface area contributed by atoms with Gasteiger partial charge in [-0.2, -0.15) is 0 Å². The molecular formula is C13H24O4Si4. The average Bonchev–Trinajstić information content (AvgIpc) is 2.36. The van der Waals surface area contributed by atoms with Crippen molar-refractivity contribution >= 4 is 40.9 Å². The molecule has 21 heavy (non-hydrogen) atoms. The lowest BCUT2D eigenvalue weighted by molar-refractivity contribution is 0.263. The van der Waals surface area contributed by atoms with Gasteiger partial charge in [0.1, 0.15) is 0 Å². The Morgan fingerprint density at radius 3 is 2.29 bits per heavy atom. The fourth-order valence-corrected chi connectivity index (χ4v) is 18.5. The predicted molar refractivity (Wildman–Crippen MR) is 94.7 cm³/mol. The molecule has 1 heterocycles. The molecular weight excluding hydrogens is 332 g/mol. The van der Waals surface area contributed by atoms with Gasteiger partial charge in [-0.25, -0.2) is 0 Å². The van der Waals surface area contributed by atoms with Crippen molar-refractivity contribution in [3.8, 4) is 0 Å². The van der Waals surface area contributed by atoms with Crippen molar-refractivity contribution in [3.05, 3.63) is 43.0 Å². The standard InChI is InChI=1S/C13H24O4Si4/c1-6-12-21(13-10-8-7-9-11-13)15-18-14-19(2,3)16-20(4,5)17-21/h6-11H,1,12,18H2,2-5H3. The van der Waals surface area contributed by atoms with E-state index in [9.17, 15) is 0 Å². The Bertz CT molecular complexity index is 494. The zero-order chi connectivity index (χ0) is 15.6. The van der Waals surface area contributed by atoms with Crippen LogP contribution < -0.4 is 5.19 Å². The van der Waals surface area contributed by atoms with Crippen LogP contribution in [0.15, 0.2) is 43.0 Å². The second-order valence-corrected chi connectivity index (χ2v) is 18.3. The molecule has 1 aliphatic rings. The van der Waals surface area contributed by atoms with Gasteiger partial charge < -0.3 is 16.5 Å². The van der Waals surface area contributed by atoms with Gasteiger partial charge in [-0.3, -0.25) is 0 Å². The highest BCUT2D eigenvalue weighted by Crippen LogP contribution is 2.26. The van der Waals surface area contributed by atoms with Crippen molar-refractivity contribution in [1.82, 2.24) is 0 Å². The van der Waals surface area contributed by atoms with E-state index < -0.39 is 35.7 Å². The molecule has 0 radical (unpaired) electrons. The molecule has 1 atom stereocenters. The zero-order valence-corrected chi connectivity index (χ0v) is 17.6. The third-order valence-corrected chi connectivity index (χ3v) is 18.1. The molecule has 0 aromatic heterocycles. The van der Waals surface area contributed by atoms with Gasteiger partial charge in [0.2, 0.25) is 0 Å². The molecule has 1 fully saturated rings. The largest absolute Gasteiger partial charge is 0.420 e. The second kappa shape index (κ2) is 6.42. The first kappa shape index (κ1) is 17.0. The highest BCUT2D eigenvalue weighted by atomic mass is 28.5. The maximum atomic E-state index is 6.58. The summed E-state index contributed by atoms with van der Waals surface area (Å²) in [6.45, 7) is 12.2. The van der Waals surface area contributed by atoms with Gasteiger partial charge in [-0.15, -0.1) is 6.58 Å². The predicted octanol–water partition coefficient (Wildman–Crippen LogP) is 2.00. The SMILES string of the molecule is C=CC[Si]1(c2ccccc2)O[SiH2]O[Si](C)(C)O[Si](C)(C)O1. The van der Waals surface area contributed by atoms with Crippen molar-refractivity contribution < 1.29 is 16.5 Å². The van der Waals surface area contributed by atoms with E-state index in [4.69, 9.17) is 16.5 Å². The minimum atomic E-state index is -2.56. The van der Waals surface area contributed by atoms with Gasteiger partial charge in [0.25, 0.3) is 10.0 Å². The van der Waals surface area contributed by atoms with E-state index in [1.165, 1.54) is 0 Å². The molecule has 8 heteroatoms. The molecule has 0 aliphatic carbocycles. The third-order valence-electron chi connectivity index (χ3n) is 3.23. The molecule has 4 nitrogen and oxygen atoms in total. The molecule has 1 saturated heterocycles. The topological polar surface area (TPSA) is 36.9 Å². The van der Waals surface area contributed by atoms with Crippen molar-refractivity contribution in [2.45, 2.75) is 32.2 Å². The Hall–Kier alpha value is -0.332. The minimum absolute atomic E-state index is 0.717. The fourth-order valence-electron chi connectivity index (χ4n) is 2.58. The van der Waals surface area contributed by atoms with E-state index in [2.05, 4.69) is 44.9 Å². The summed E-state index contributed by atoms with van der Waals surface area (Å²) < 4.78 is 25.2. The number of hydrogen-bond donors (Lipinski definition) is 0. The van der Waals surface area contributed by atoms with Gasteiger partial charge >= 0.3 is 25.7 Å². The van der Waals surface area contributed by atoms with Crippen LogP contribution in [0.3, 0.4) is 0 Å². The van der Waals surface area contributed by atoms with Crippen LogP contribution in [-0.2, 0) is 16.5 Å². The molecule has 1 aromatic carbocycles. The quantitative estimate of drug-likeness (QED) is 0.613. The molecule has 116 valence electrons. The maximum Gasteiger partial charge on any atom is 0.358 e. The lowest BCUT2D eigenvalue weighted by Gasteiger charge is -2.43. The summed E-state index contributed by atoms with van der Waals surface area (Å²) in [5, 5.41) is 1.13. The summed E-state index contributed by atoms with van der Waals surface area (Å²) in [4.78, 5) is 0. The lowest BCUT2D eigenvalue weighted by atomic mass is 10.4. The van der Waals surface area contributed by atoms with Crippen molar-refractivity contribution in [2.75, 3.05) is 0 Å². The van der Waals surface area contributed by atoms with Gasteiger partial charge in [0.15, 0.2) is 0 Å². The molecule has 0 spiro atoms. The number of benzene rings is 1. The van der Waals surface area contributed by atoms with Crippen LogP contribution in [0.1, 0.15) is 0 Å². The van der Waals surface area contributed by atoms with Crippen LogP contribution in [0.5, 0.6) is 0 Å². The van der Waals surface area contributed by atoms with Gasteiger partial charge in [0, 0.05) is 6.04 Å².